The Morgan fingerprint density at radius 2 is 2.00 bits per heavy atom. The molecule has 0 aliphatic carbocycles. The Morgan fingerprint density at radius 3 is 2.56 bits per heavy atom. The summed E-state index contributed by atoms with van der Waals surface area (Å²) in [6, 6.07) is 4.09. The van der Waals surface area contributed by atoms with Crippen molar-refractivity contribution in [2.24, 2.45) is 0 Å². The van der Waals surface area contributed by atoms with Crippen molar-refractivity contribution in [1.82, 2.24) is 0 Å². The van der Waals surface area contributed by atoms with Crippen LogP contribution in [0.15, 0.2) is 18.2 Å². The van der Waals surface area contributed by atoms with Gasteiger partial charge >= 0.3 is 6.61 Å². The number of hydrogen-bond donors (Lipinski definition) is 0. The van der Waals surface area contributed by atoms with Crippen molar-refractivity contribution in [2.45, 2.75) is 25.9 Å². The summed E-state index contributed by atoms with van der Waals surface area (Å²) in [6.45, 7) is -2.99. The van der Waals surface area contributed by atoms with E-state index in [9.17, 15) is 13.2 Å². The fraction of sp³-hybridized carbons (Fsp3) is 0.455. The molecule has 0 spiro atoms. The summed E-state index contributed by atoms with van der Waals surface area (Å²) in [4.78, 5) is 0. The van der Waals surface area contributed by atoms with Crippen molar-refractivity contribution >= 4 is 15.9 Å². The molecule has 0 aliphatic rings. The van der Waals surface area contributed by atoms with Gasteiger partial charge in [-0.2, -0.15) is 8.78 Å². The van der Waals surface area contributed by atoms with Crippen LogP contribution in [-0.4, -0.2) is 11.9 Å². The lowest BCUT2D eigenvalue weighted by atomic mass is 10.1. The van der Waals surface area contributed by atoms with Crippen molar-refractivity contribution in [3.05, 3.63) is 29.6 Å². The maximum atomic E-state index is 13.3. The first kappa shape index (κ1) is 13.4. The Labute approximate surface area is 101 Å². The topological polar surface area (TPSA) is 9.23 Å². The Kier molecular flexibility index (Phi) is 5.66. The predicted octanol–water partition coefficient (Wildman–Crippen LogP) is 4.14. The highest BCUT2D eigenvalue weighted by molar-refractivity contribution is 9.09. The van der Waals surface area contributed by atoms with Gasteiger partial charge in [0.05, 0.1) is 0 Å². The average Bonchev–Trinajstić information content (AvgIpc) is 2.22. The minimum Gasteiger partial charge on any atom is -0.432 e. The van der Waals surface area contributed by atoms with Crippen LogP contribution in [0.3, 0.4) is 0 Å². The van der Waals surface area contributed by atoms with Gasteiger partial charge in [0, 0.05) is 5.33 Å². The van der Waals surface area contributed by atoms with Crippen LogP contribution < -0.4 is 4.74 Å². The second-order valence-corrected chi connectivity index (χ2v) is 4.08. The molecule has 1 aromatic rings. The zero-order chi connectivity index (χ0) is 12.0. The molecule has 90 valence electrons. The van der Waals surface area contributed by atoms with Gasteiger partial charge in [0.15, 0.2) is 11.6 Å². The fourth-order valence-electron chi connectivity index (χ4n) is 1.32. The summed E-state index contributed by atoms with van der Waals surface area (Å²) >= 11 is 3.30. The summed E-state index contributed by atoms with van der Waals surface area (Å²) in [5.74, 6) is -1.14. The molecule has 1 aromatic carbocycles. The maximum absolute atomic E-state index is 13.3. The highest BCUT2D eigenvalue weighted by atomic mass is 79.9. The van der Waals surface area contributed by atoms with E-state index >= 15 is 0 Å². The summed E-state index contributed by atoms with van der Waals surface area (Å²) in [6.07, 6.45) is 2.66. The Balaban J connectivity index is 2.60. The van der Waals surface area contributed by atoms with Crippen LogP contribution in [0.5, 0.6) is 5.75 Å². The van der Waals surface area contributed by atoms with E-state index in [1.54, 1.807) is 6.07 Å². The summed E-state index contributed by atoms with van der Waals surface area (Å²) in [5.41, 5.74) is 0.792. The van der Waals surface area contributed by atoms with Gasteiger partial charge in [-0.05, 0) is 37.0 Å². The summed E-state index contributed by atoms with van der Waals surface area (Å²) in [7, 11) is 0. The number of hydrogen-bond acceptors (Lipinski definition) is 1. The van der Waals surface area contributed by atoms with Crippen molar-refractivity contribution in [1.29, 1.82) is 0 Å². The fourth-order valence-corrected chi connectivity index (χ4v) is 1.71. The standard InChI is InChI=1S/C11H12BrF3O/c12-6-2-1-3-8-4-5-10(9(13)7-8)16-11(14)15/h4-5,7,11H,1-3,6H2. The molecule has 1 nitrogen and oxygen atoms in total. The van der Waals surface area contributed by atoms with E-state index in [4.69, 9.17) is 0 Å². The lowest BCUT2D eigenvalue weighted by Gasteiger charge is -2.07. The quantitative estimate of drug-likeness (QED) is 0.566. The van der Waals surface area contributed by atoms with Gasteiger partial charge in [-0.25, -0.2) is 4.39 Å². The van der Waals surface area contributed by atoms with Gasteiger partial charge in [-0.15, -0.1) is 0 Å². The molecule has 0 atom stereocenters. The zero-order valence-corrected chi connectivity index (χ0v) is 10.1. The third kappa shape index (κ3) is 4.43. The molecule has 0 saturated carbocycles. The summed E-state index contributed by atoms with van der Waals surface area (Å²) < 4.78 is 41.0. The number of benzene rings is 1. The van der Waals surface area contributed by atoms with Gasteiger partial charge in [-0.1, -0.05) is 22.0 Å². The molecule has 0 bridgehead atoms. The van der Waals surface area contributed by atoms with E-state index in [2.05, 4.69) is 20.7 Å². The van der Waals surface area contributed by atoms with E-state index in [1.807, 2.05) is 0 Å². The molecule has 0 N–H and O–H groups in total. The number of halogens is 4. The first-order chi connectivity index (χ1) is 7.63. The monoisotopic (exact) mass is 296 g/mol. The first-order valence-corrected chi connectivity index (χ1v) is 6.05. The van der Waals surface area contributed by atoms with E-state index in [-0.39, 0.29) is 0 Å². The number of alkyl halides is 3. The molecule has 0 heterocycles. The second kappa shape index (κ2) is 6.78. The number of unbranched alkanes of at least 4 members (excludes halogenated alkanes) is 1. The molecular formula is C11H12BrF3O. The Morgan fingerprint density at radius 1 is 1.25 bits per heavy atom. The van der Waals surface area contributed by atoms with Crippen molar-refractivity contribution in [2.75, 3.05) is 5.33 Å². The van der Waals surface area contributed by atoms with Gasteiger partial charge in [0.25, 0.3) is 0 Å². The van der Waals surface area contributed by atoms with Crippen LogP contribution >= 0.6 is 15.9 Å². The zero-order valence-electron chi connectivity index (χ0n) is 8.56. The molecule has 0 radical (unpaired) electrons. The van der Waals surface area contributed by atoms with Crippen LogP contribution in [0.25, 0.3) is 0 Å². The summed E-state index contributed by atoms with van der Waals surface area (Å²) in [5, 5.41) is 0.905. The van der Waals surface area contributed by atoms with Crippen molar-refractivity contribution < 1.29 is 17.9 Å². The van der Waals surface area contributed by atoms with Gasteiger partial charge in [-0.3, -0.25) is 0 Å². The highest BCUT2D eigenvalue weighted by Crippen LogP contribution is 2.21. The normalized spacial score (nSPS) is 10.8. The molecule has 0 fully saturated rings. The van der Waals surface area contributed by atoms with Crippen LogP contribution in [-0.2, 0) is 6.42 Å². The van der Waals surface area contributed by atoms with Crippen LogP contribution in [0, 0.1) is 5.82 Å². The molecule has 0 unspecified atom stereocenters. The number of rotatable bonds is 6. The minimum absolute atomic E-state index is 0.403. The maximum Gasteiger partial charge on any atom is 0.387 e. The largest absolute Gasteiger partial charge is 0.432 e. The van der Waals surface area contributed by atoms with Gasteiger partial charge in [0.1, 0.15) is 0 Å². The van der Waals surface area contributed by atoms with Crippen molar-refractivity contribution in [3.8, 4) is 5.75 Å². The van der Waals surface area contributed by atoms with E-state index < -0.39 is 18.2 Å². The Bertz CT molecular complexity index is 331. The van der Waals surface area contributed by atoms with E-state index in [1.165, 1.54) is 12.1 Å². The molecule has 0 aliphatic heterocycles. The van der Waals surface area contributed by atoms with Crippen LogP contribution in [0.4, 0.5) is 13.2 Å². The molecule has 5 heteroatoms. The van der Waals surface area contributed by atoms with E-state index in [0.717, 1.165) is 30.2 Å². The average molecular weight is 297 g/mol. The molecule has 1 rings (SSSR count). The lowest BCUT2D eigenvalue weighted by Crippen LogP contribution is -2.04. The number of ether oxygens (including phenoxy) is 1. The second-order valence-electron chi connectivity index (χ2n) is 3.29. The third-order valence-electron chi connectivity index (χ3n) is 2.06. The molecule has 0 amide bonds. The lowest BCUT2D eigenvalue weighted by molar-refractivity contribution is -0.0522. The van der Waals surface area contributed by atoms with E-state index in [0.29, 0.717) is 0 Å². The minimum atomic E-state index is -2.99. The smallest absolute Gasteiger partial charge is 0.387 e. The molecule has 0 aromatic heterocycles. The van der Waals surface area contributed by atoms with Crippen molar-refractivity contribution in [3.63, 3.8) is 0 Å². The number of aryl methyl sites for hydroxylation is 1. The molecular weight excluding hydrogens is 285 g/mol. The van der Waals surface area contributed by atoms with Crippen LogP contribution in [0.2, 0.25) is 0 Å². The molecule has 16 heavy (non-hydrogen) atoms. The van der Waals surface area contributed by atoms with Crippen LogP contribution in [0.1, 0.15) is 18.4 Å². The predicted molar refractivity (Wildman–Crippen MR) is 59.8 cm³/mol. The first-order valence-electron chi connectivity index (χ1n) is 4.92. The SMILES string of the molecule is Fc1cc(CCCCBr)ccc1OC(F)F. The highest BCUT2D eigenvalue weighted by Gasteiger charge is 2.09. The molecule has 0 saturated heterocycles. The van der Waals surface area contributed by atoms with Gasteiger partial charge < -0.3 is 4.74 Å². The van der Waals surface area contributed by atoms with Gasteiger partial charge in [0.2, 0.25) is 0 Å². The third-order valence-corrected chi connectivity index (χ3v) is 2.62. The Hall–Kier alpha value is -0.710.